The molecule has 1 atom stereocenters. The molecule has 1 heterocycles. The molecule has 0 saturated carbocycles. The van der Waals surface area contributed by atoms with Gasteiger partial charge in [0.05, 0.1) is 21.5 Å². The predicted molar refractivity (Wildman–Crippen MR) is 113 cm³/mol. The van der Waals surface area contributed by atoms with Crippen molar-refractivity contribution in [3.63, 3.8) is 0 Å². The maximum absolute atomic E-state index is 11.1. The third-order valence-corrected chi connectivity index (χ3v) is 5.31. The van der Waals surface area contributed by atoms with Gasteiger partial charge in [-0.3, -0.25) is 4.79 Å². The summed E-state index contributed by atoms with van der Waals surface area (Å²) in [7, 11) is 0. The van der Waals surface area contributed by atoms with E-state index < -0.39 is 11.9 Å². The average molecular weight is 434 g/mol. The van der Waals surface area contributed by atoms with Crippen molar-refractivity contribution in [3.05, 3.63) is 69.4 Å². The second kappa shape index (κ2) is 8.89. The highest BCUT2D eigenvalue weighted by atomic mass is 35.5. The van der Waals surface area contributed by atoms with E-state index in [0.717, 1.165) is 5.56 Å². The number of rotatable bonds is 7. The van der Waals surface area contributed by atoms with Crippen LogP contribution in [0.3, 0.4) is 0 Å². The van der Waals surface area contributed by atoms with Crippen LogP contribution in [-0.2, 0) is 11.4 Å². The lowest BCUT2D eigenvalue weighted by Crippen LogP contribution is -2.07. The van der Waals surface area contributed by atoms with Crippen molar-refractivity contribution in [2.45, 2.75) is 39.2 Å². The summed E-state index contributed by atoms with van der Waals surface area (Å²) in [5, 5.41) is 14.3. The van der Waals surface area contributed by atoms with Crippen LogP contribution in [0, 0.1) is 0 Å². The lowest BCUT2D eigenvalue weighted by molar-refractivity contribution is -0.138. The molecule has 0 saturated heterocycles. The molecule has 0 radical (unpaired) electrons. The van der Waals surface area contributed by atoms with E-state index in [2.05, 4.69) is 5.16 Å². The van der Waals surface area contributed by atoms with Gasteiger partial charge in [0.2, 0.25) is 0 Å². The van der Waals surface area contributed by atoms with Crippen LogP contribution in [0.4, 0.5) is 0 Å². The molecule has 0 bridgehead atoms. The summed E-state index contributed by atoms with van der Waals surface area (Å²) in [6.07, 6.45) is 0. The fraction of sp³-hybridized carbons (Fsp3) is 0.273. The van der Waals surface area contributed by atoms with Crippen LogP contribution in [0.5, 0.6) is 5.75 Å². The third kappa shape index (κ3) is 4.57. The van der Waals surface area contributed by atoms with Crippen molar-refractivity contribution < 1.29 is 19.2 Å². The number of carboxylic acid groups (broad SMARTS) is 1. The van der Waals surface area contributed by atoms with Gasteiger partial charge in [0.1, 0.15) is 23.8 Å². The van der Waals surface area contributed by atoms with Crippen molar-refractivity contribution in [1.29, 1.82) is 0 Å². The molecule has 0 spiro atoms. The van der Waals surface area contributed by atoms with Gasteiger partial charge in [-0.15, -0.1) is 0 Å². The molecular weight excluding hydrogens is 413 g/mol. The van der Waals surface area contributed by atoms with Gasteiger partial charge in [-0.2, -0.15) is 0 Å². The molecule has 1 unspecified atom stereocenters. The van der Waals surface area contributed by atoms with Gasteiger partial charge >= 0.3 is 5.97 Å². The highest BCUT2D eigenvalue weighted by Gasteiger charge is 2.24. The third-order valence-electron chi connectivity index (χ3n) is 4.68. The summed E-state index contributed by atoms with van der Waals surface area (Å²) < 4.78 is 11.5. The summed E-state index contributed by atoms with van der Waals surface area (Å²) in [5.41, 5.74) is 2.65. The second-order valence-electron chi connectivity index (χ2n) is 7.04. The highest BCUT2D eigenvalue weighted by Crippen LogP contribution is 2.38. The number of aliphatic carboxylic acids is 1. The van der Waals surface area contributed by atoms with Crippen LogP contribution in [0.25, 0.3) is 11.3 Å². The van der Waals surface area contributed by atoms with E-state index in [1.54, 1.807) is 49.4 Å². The normalized spacial score (nSPS) is 12.2. The Morgan fingerprint density at radius 3 is 2.28 bits per heavy atom. The number of carboxylic acids is 1. The zero-order valence-electron chi connectivity index (χ0n) is 16.3. The van der Waals surface area contributed by atoms with E-state index in [4.69, 9.17) is 37.6 Å². The molecule has 0 fully saturated rings. The first kappa shape index (κ1) is 21.2. The number of aromatic nitrogens is 1. The van der Waals surface area contributed by atoms with Crippen LogP contribution in [0.2, 0.25) is 10.0 Å². The summed E-state index contributed by atoms with van der Waals surface area (Å²) >= 11 is 12.7. The molecule has 3 rings (SSSR count). The van der Waals surface area contributed by atoms with E-state index in [1.165, 1.54) is 0 Å². The lowest BCUT2D eigenvalue weighted by Gasteiger charge is -2.12. The van der Waals surface area contributed by atoms with Gasteiger partial charge in [0, 0.05) is 11.5 Å². The molecule has 0 aliphatic carbocycles. The van der Waals surface area contributed by atoms with Crippen molar-refractivity contribution in [2.24, 2.45) is 0 Å². The Bertz CT molecular complexity index is 992. The van der Waals surface area contributed by atoms with E-state index >= 15 is 0 Å². The predicted octanol–water partition coefficient (Wildman–Crippen LogP) is 6.54. The number of hydrogen-bond acceptors (Lipinski definition) is 4. The van der Waals surface area contributed by atoms with Crippen LogP contribution in [0.15, 0.2) is 47.0 Å². The molecule has 5 nitrogen and oxygen atoms in total. The smallest absolute Gasteiger partial charge is 0.310 e. The number of carbonyl (C=O) groups is 1. The molecule has 2 aromatic carbocycles. The summed E-state index contributed by atoms with van der Waals surface area (Å²) in [5.74, 6) is -0.0462. The number of hydrogen-bond donors (Lipinski definition) is 1. The minimum absolute atomic E-state index is 0.0925. The Morgan fingerprint density at radius 2 is 1.72 bits per heavy atom. The fourth-order valence-electron chi connectivity index (χ4n) is 2.99. The minimum Gasteiger partial charge on any atom is -0.489 e. The van der Waals surface area contributed by atoms with Gasteiger partial charge in [0.15, 0.2) is 0 Å². The van der Waals surface area contributed by atoms with E-state index in [-0.39, 0.29) is 12.5 Å². The molecule has 152 valence electrons. The topological polar surface area (TPSA) is 72.6 Å². The summed E-state index contributed by atoms with van der Waals surface area (Å²) in [6.45, 7) is 5.86. The monoisotopic (exact) mass is 433 g/mol. The zero-order chi connectivity index (χ0) is 21.1. The molecule has 1 N–H and O–H groups in total. The van der Waals surface area contributed by atoms with E-state index in [9.17, 15) is 4.79 Å². The molecule has 1 aromatic heterocycles. The SMILES string of the molecule is CC(C)c1onc(-c2c(Cl)cccc2Cl)c1COc1ccc(C(C)C(=O)O)cc1. The van der Waals surface area contributed by atoms with Gasteiger partial charge in [-0.05, 0) is 36.8 Å². The first-order valence-corrected chi connectivity index (χ1v) is 9.93. The molecule has 7 heteroatoms. The molecule has 3 aromatic rings. The second-order valence-corrected chi connectivity index (χ2v) is 7.86. The number of ether oxygens (including phenoxy) is 1. The highest BCUT2D eigenvalue weighted by molar-refractivity contribution is 6.39. The number of benzene rings is 2. The Hall–Kier alpha value is -2.50. The fourth-order valence-corrected chi connectivity index (χ4v) is 3.56. The first-order valence-electron chi connectivity index (χ1n) is 9.18. The van der Waals surface area contributed by atoms with Gasteiger partial charge < -0.3 is 14.4 Å². The number of nitrogens with zero attached hydrogens (tertiary/aromatic N) is 1. The van der Waals surface area contributed by atoms with Gasteiger partial charge in [-0.1, -0.05) is 60.4 Å². The molecule has 0 aliphatic rings. The zero-order valence-corrected chi connectivity index (χ0v) is 17.8. The van der Waals surface area contributed by atoms with Gasteiger partial charge in [-0.25, -0.2) is 0 Å². The molecule has 29 heavy (non-hydrogen) atoms. The number of halogens is 2. The van der Waals surface area contributed by atoms with E-state index in [0.29, 0.717) is 38.4 Å². The maximum Gasteiger partial charge on any atom is 0.310 e. The van der Waals surface area contributed by atoms with Crippen molar-refractivity contribution in [3.8, 4) is 17.0 Å². The largest absolute Gasteiger partial charge is 0.489 e. The van der Waals surface area contributed by atoms with Crippen molar-refractivity contribution >= 4 is 29.2 Å². The van der Waals surface area contributed by atoms with Gasteiger partial charge in [0.25, 0.3) is 0 Å². The first-order chi connectivity index (χ1) is 13.8. The van der Waals surface area contributed by atoms with Crippen LogP contribution in [-0.4, -0.2) is 16.2 Å². The van der Waals surface area contributed by atoms with Crippen LogP contribution in [0.1, 0.15) is 49.5 Å². The van der Waals surface area contributed by atoms with Crippen molar-refractivity contribution in [2.75, 3.05) is 0 Å². The minimum atomic E-state index is -0.869. The summed E-state index contributed by atoms with van der Waals surface area (Å²) in [6, 6.07) is 12.3. The summed E-state index contributed by atoms with van der Waals surface area (Å²) in [4.78, 5) is 11.1. The Balaban J connectivity index is 1.89. The standard InChI is InChI=1S/C22H21Cl2NO4/c1-12(2)21-16(20(25-29-21)19-17(23)5-4-6-18(19)24)11-28-15-9-7-14(8-10-15)13(3)22(26)27/h4-10,12-13H,11H2,1-3H3,(H,26,27). The molecule has 0 aliphatic heterocycles. The van der Waals surface area contributed by atoms with Crippen LogP contribution >= 0.6 is 23.2 Å². The van der Waals surface area contributed by atoms with Crippen LogP contribution < -0.4 is 4.74 Å². The quantitative estimate of drug-likeness (QED) is 0.457. The van der Waals surface area contributed by atoms with Crippen molar-refractivity contribution in [1.82, 2.24) is 5.16 Å². The molecular formula is C22H21Cl2NO4. The Labute approximate surface area is 179 Å². The Morgan fingerprint density at radius 1 is 1.10 bits per heavy atom. The maximum atomic E-state index is 11.1. The average Bonchev–Trinajstić information content (AvgIpc) is 3.10. The van der Waals surface area contributed by atoms with E-state index in [1.807, 2.05) is 13.8 Å². The lowest BCUT2D eigenvalue weighted by atomic mass is 10.0. The Kier molecular flexibility index (Phi) is 6.50. The molecule has 0 amide bonds.